The molecular weight excluding hydrogens is 318 g/mol. The Balaban J connectivity index is 1.74. The molecule has 0 spiro atoms. The normalized spacial score (nSPS) is 10.6. The Hall–Kier alpha value is -3.68. The lowest BCUT2D eigenvalue weighted by molar-refractivity contribution is 0.475. The van der Waals surface area contributed by atoms with E-state index in [9.17, 15) is 5.11 Å². The van der Waals surface area contributed by atoms with Gasteiger partial charge < -0.3 is 15.7 Å². The third-order valence-corrected chi connectivity index (χ3v) is 3.16. The van der Waals surface area contributed by atoms with Crippen LogP contribution in [0.4, 0.5) is 23.5 Å². The number of aromatic nitrogens is 3. The predicted molar refractivity (Wildman–Crippen MR) is 98.4 cm³/mol. The van der Waals surface area contributed by atoms with E-state index < -0.39 is 0 Å². The number of benzene rings is 2. The van der Waals surface area contributed by atoms with E-state index in [1.807, 2.05) is 30.3 Å². The molecule has 3 rings (SSSR count). The van der Waals surface area contributed by atoms with Gasteiger partial charge in [0.1, 0.15) is 5.75 Å². The van der Waals surface area contributed by atoms with Crippen LogP contribution in [0.3, 0.4) is 0 Å². The Bertz CT molecular complexity index is 851. The van der Waals surface area contributed by atoms with Crippen LogP contribution in [0, 0.1) is 0 Å². The van der Waals surface area contributed by atoms with Crippen LogP contribution >= 0.6 is 0 Å². The lowest BCUT2D eigenvalue weighted by Gasteiger charge is -2.08. The molecular formula is C17H17N7O. The molecule has 8 heteroatoms. The zero-order chi connectivity index (χ0) is 17.5. The van der Waals surface area contributed by atoms with Crippen molar-refractivity contribution < 1.29 is 5.11 Å². The van der Waals surface area contributed by atoms with Gasteiger partial charge in [0.25, 0.3) is 0 Å². The maximum atomic E-state index is 9.27. The monoisotopic (exact) mass is 335 g/mol. The zero-order valence-corrected chi connectivity index (χ0v) is 13.5. The summed E-state index contributed by atoms with van der Waals surface area (Å²) in [5, 5.41) is 19.4. The molecule has 25 heavy (non-hydrogen) atoms. The average molecular weight is 335 g/mol. The van der Waals surface area contributed by atoms with Gasteiger partial charge in [0.05, 0.1) is 6.21 Å². The van der Waals surface area contributed by atoms with Crippen LogP contribution in [0.15, 0.2) is 59.7 Å². The maximum Gasteiger partial charge on any atom is 0.250 e. The molecule has 0 fully saturated rings. The van der Waals surface area contributed by atoms with Crippen molar-refractivity contribution in [2.45, 2.75) is 0 Å². The second kappa shape index (κ2) is 7.73. The van der Waals surface area contributed by atoms with Crippen molar-refractivity contribution in [3.63, 3.8) is 0 Å². The van der Waals surface area contributed by atoms with Gasteiger partial charge in [-0.1, -0.05) is 18.2 Å². The molecule has 0 aliphatic carbocycles. The Morgan fingerprint density at radius 2 is 1.56 bits per heavy atom. The quantitative estimate of drug-likeness (QED) is 0.405. The molecule has 0 saturated heterocycles. The van der Waals surface area contributed by atoms with Crippen molar-refractivity contribution in [1.29, 1.82) is 0 Å². The summed E-state index contributed by atoms with van der Waals surface area (Å²) in [5.74, 6) is 1.31. The second-order valence-corrected chi connectivity index (χ2v) is 5.01. The molecule has 1 aromatic heterocycles. The number of phenols is 1. The molecule has 0 amide bonds. The number of anilines is 4. The second-order valence-electron chi connectivity index (χ2n) is 5.01. The molecule has 3 aromatic rings. The predicted octanol–water partition coefficient (Wildman–Crippen LogP) is 2.81. The number of aromatic hydroxyl groups is 1. The minimum Gasteiger partial charge on any atom is -0.508 e. The molecule has 2 aromatic carbocycles. The summed E-state index contributed by atoms with van der Waals surface area (Å²) in [7, 11) is 1.73. The van der Waals surface area contributed by atoms with Gasteiger partial charge in [-0.25, -0.2) is 5.43 Å². The van der Waals surface area contributed by atoms with Crippen molar-refractivity contribution in [1.82, 2.24) is 15.0 Å². The van der Waals surface area contributed by atoms with E-state index >= 15 is 0 Å². The number of hydrazone groups is 1. The minimum atomic E-state index is 0.206. The number of hydrogen-bond donors (Lipinski definition) is 4. The lowest BCUT2D eigenvalue weighted by atomic mass is 10.2. The fourth-order valence-corrected chi connectivity index (χ4v) is 1.97. The molecule has 0 radical (unpaired) electrons. The van der Waals surface area contributed by atoms with Crippen LogP contribution < -0.4 is 16.1 Å². The third-order valence-electron chi connectivity index (χ3n) is 3.16. The first-order valence-corrected chi connectivity index (χ1v) is 7.57. The van der Waals surface area contributed by atoms with Crippen LogP contribution in [-0.4, -0.2) is 33.3 Å². The van der Waals surface area contributed by atoms with Gasteiger partial charge in [0.15, 0.2) is 0 Å². The van der Waals surface area contributed by atoms with Gasteiger partial charge in [-0.15, -0.1) is 0 Å². The Morgan fingerprint density at radius 1 is 0.880 bits per heavy atom. The fraction of sp³-hybridized carbons (Fsp3) is 0.0588. The van der Waals surface area contributed by atoms with E-state index in [1.165, 1.54) is 0 Å². The van der Waals surface area contributed by atoms with E-state index in [4.69, 9.17) is 0 Å². The summed E-state index contributed by atoms with van der Waals surface area (Å²) < 4.78 is 0. The smallest absolute Gasteiger partial charge is 0.250 e. The Kier molecular flexibility index (Phi) is 5.01. The molecule has 1 heterocycles. The largest absolute Gasteiger partial charge is 0.508 e. The number of nitrogens with zero attached hydrogens (tertiary/aromatic N) is 4. The first-order chi connectivity index (χ1) is 12.2. The summed E-state index contributed by atoms with van der Waals surface area (Å²) >= 11 is 0. The third kappa shape index (κ3) is 4.64. The van der Waals surface area contributed by atoms with Crippen molar-refractivity contribution in [3.05, 3.63) is 60.2 Å². The number of phenolic OH excluding ortho intramolecular Hbond substituents is 1. The van der Waals surface area contributed by atoms with Crippen LogP contribution in [0.1, 0.15) is 5.56 Å². The highest BCUT2D eigenvalue weighted by Gasteiger charge is 2.05. The Morgan fingerprint density at radius 3 is 2.28 bits per heavy atom. The van der Waals surface area contributed by atoms with E-state index in [2.05, 4.69) is 36.1 Å². The van der Waals surface area contributed by atoms with Crippen LogP contribution in [0.25, 0.3) is 0 Å². The average Bonchev–Trinajstić information content (AvgIpc) is 2.64. The number of rotatable bonds is 6. The van der Waals surface area contributed by atoms with E-state index in [0.717, 1.165) is 11.3 Å². The van der Waals surface area contributed by atoms with Crippen molar-refractivity contribution >= 4 is 29.7 Å². The van der Waals surface area contributed by atoms with Gasteiger partial charge in [0.2, 0.25) is 17.8 Å². The molecule has 8 nitrogen and oxygen atoms in total. The summed E-state index contributed by atoms with van der Waals surface area (Å²) in [5.41, 5.74) is 4.47. The van der Waals surface area contributed by atoms with Crippen molar-refractivity contribution in [3.8, 4) is 5.75 Å². The molecule has 0 saturated carbocycles. The summed E-state index contributed by atoms with van der Waals surface area (Å²) in [6.07, 6.45) is 1.60. The van der Waals surface area contributed by atoms with Gasteiger partial charge in [-0.2, -0.15) is 20.1 Å². The fourth-order valence-electron chi connectivity index (χ4n) is 1.97. The van der Waals surface area contributed by atoms with Crippen LogP contribution in [-0.2, 0) is 0 Å². The van der Waals surface area contributed by atoms with E-state index in [-0.39, 0.29) is 5.75 Å². The van der Waals surface area contributed by atoms with Crippen molar-refractivity contribution in [2.24, 2.45) is 5.10 Å². The van der Waals surface area contributed by atoms with Crippen molar-refractivity contribution in [2.75, 3.05) is 23.1 Å². The molecule has 0 unspecified atom stereocenters. The maximum absolute atomic E-state index is 9.27. The summed E-state index contributed by atoms with van der Waals surface area (Å²) in [6.45, 7) is 0. The highest BCUT2D eigenvalue weighted by Crippen LogP contribution is 2.15. The SMILES string of the molecule is CNc1nc(N/N=C\c2ccc(O)cc2)nc(Nc2ccccc2)n1. The van der Waals surface area contributed by atoms with E-state index in [1.54, 1.807) is 37.5 Å². The number of hydrogen-bond acceptors (Lipinski definition) is 8. The van der Waals surface area contributed by atoms with Crippen LogP contribution in [0.2, 0.25) is 0 Å². The van der Waals surface area contributed by atoms with Gasteiger partial charge in [-0.3, -0.25) is 0 Å². The van der Waals surface area contributed by atoms with Gasteiger partial charge in [0, 0.05) is 12.7 Å². The first kappa shape index (κ1) is 16.2. The molecule has 0 aliphatic heterocycles. The first-order valence-electron chi connectivity index (χ1n) is 7.57. The number of nitrogens with one attached hydrogen (secondary N) is 3. The van der Waals surface area contributed by atoms with Crippen LogP contribution in [0.5, 0.6) is 5.75 Å². The molecule has 126 valence electrons. The summed E-state index contributed by atoms with van der Waals surface area (Å²) in [6, 6.07) is 16.3. The molecule has 4 N–H and O–H groups in total. The van der Waals surface area contributed by atoms with Gasteiger partial charge >= 0.3 is 0 Å². The highest BCUT2D eigenvalue weighted by atomic mass is 16.3. The molecule has 0 aliphatic rings. The van der Waals surface area contributed by atoms with E-state index in [0.29, 0.717) is 17.8 Å². The molecule has 0 atom stereocenters. The topological polar surface area (TPSA) is 107 Å². The molecule has 0 bridgehead atoms. The standard InChI is InChI=1S/C17H17N7O/c1-18-15-21-16(20-13-5-3-2-4-6-13)23-17(22-15)24-19-11-12-7-9-14(25)10-8-12/h2-11,25H,1H3,(H3,18,20,21,22,23,24)/b19-11-. The minimum absolute atomic E-state index is 0.206. The Labute approximate surface area is 144 Å². The summed E-state index contributed by atoms with van der Waals surface area (Å²) in [4.78, 5) is 12.7. The zero-order valence-electron chi connectivity index (χ0n) is 13.5. The highest BCUT2D eigenvalue weighted by molar-refractivity contribution is 5.80. The lowest BCUT2D eigenvalue weighted by Crippen LogP contribution is -2.07. The number of para-hydroxylation sites is 1. The van der Waals surface area contributed by atoms with Gasteiger partial charge in [-0.05, 0) is 42.0 Å².